The van der Waals surface area contributed by atoms with Crippen LogP contribution in [0.2, 0.25) is 0 Å². The summed E-state index contributed by atoms with van der Waals surface area (Å²) in [5.74, 6) is 0. The van der Waals surface area contributed by atoms with Crippen molar-refractivity contribution in [2.24, 2.45) is 0 Å². The summed E-state index contributed by atoms with van der Waals surface area (Å²) in [6.45, 7) is 4.29. The van der Waals surface area contributed by atoms with E-state index >= 15 is 0 Å². The molecule has 0 spiro atoms. The van der Waals surface area contributed by atoms with E-state index in [9.17, 15) is 0 Å². The van der Waals surface area contributed by atoms with Gasteiger partial charge in [-0.3, -0.25) is 5.10 Å². The van der Waals surface area contributed by atoms with Crippen LogP contribution in [-0.2, 0) is 6.42 Å². The van der Waals surface area contributed by atoms with E-state index in [1.807, 2.05) is 0 Å². The molecule has 0 saturated carbocycles. The summed E-state index contributed by atoms with van der Waals surface area (Å²) in [5.41, 5.74) is 4.73. The molecule has 2 nitrogen and oxygen atoms in total. The van der Waals surface area contributed by atoms with Gasteiger partial charge < -0.3 is 0 Å². The van der Waals surface area contributed by atoms with Gasteiger partial charge in [-0.05, 0) is 25.3 Å². The van der Waals surface area contributed by atoms with Gasteiger partial charge in [-0.2, -0.15) is 5.10 Å². The predicted octanol–water partition coefficient (Wildman–Crippen LogP) is 3.53. The second kappa shape index (κ2) is 4.97. The molecule has 0 saturated heterocycles. The predicted molar refractivity (Wildman–Crippen MR) is 66.2 cm³/mol. The smallest absolute Gasteiger partial charge is 0.0916 e. The van der Waals surface area contributed by atoms with Crippen LogP contribution in [0.4, 0.5) is 0 Å². The molecule has 0 atom stereocenters. The van der Waals surface area contributed by atoms with Crippen molar-refractivity contribution in [3.05, 3.63) is 41.7 Å². The molecule has 2 rings (SSSR count). The highest BCUT2D eigenvalue weighted by atomic mass is 15.1. The molecule has 1 N–H and O–H groups in total. The Morgan fingerprint density at radius 2 is 2.00 bits per heavy atom. The van der Waals surface area contributed by atoms with Crippen LogP contribution in [0.25, 0.3) is 11.1 Å². The number of aromatic amines is 1. The zero-order valence-electron chi connectivity index (χ0n) is 9.88. The Kier molecular flexibility index (Phi) is 3.40. The first-order valence-electron chi connectivity index (χ1n) is 5.83. The zero-order chi connectivity index (χ0) is 11.4. The fraction of sp³-hybridized carbons (Fsp3) is 0.357. The van der Waals surface area contributed by atoms with Crippen LogP contribution in [0.15, 0.2) is 24.3 Å². The minimum atomic E-state index is 1.03. The molecule has 0 fully saturated rings. The molecule has 83 valence electrons. The van der Waals surface area contributed by atoms with Gasteiger partial charge in [-0.25, -0.2) is 0 Å². The summed E-state index contributed by atoms with van der Waals surface area (Å²) in [6.07, 6.45) is 6.51. The van der Waals surface area contributed by atoms with Crippen molar-refractivity contribution in [3.8, 4) is 11.1 Å². The maximum absolute atomic E-state index is 4.27. The van der Waals surface area contributed by atoms with Gasteiger partial charge in [0.1, 0.15) is 0 Å². The Hall–Kier alpha value is -1.57. The molecule has 16 heavy (non-hydrogen) atoms. The minimum Gasteiger partial charge on any atom is -0.275 e. The Labute approximate surface area is 96.7 Å². The van der Waals surface area contributed by atoms with Crippen molar-refractivity contribution in [2.75, 3.05) is 0 Å². The van der Waals surface area contributed by atoms with Gasteiger partial charge in [0.25, 0.3) is 0 Å². The molecule has 1 heterocycles. The number of nitrogens with one attached hydrogen (secondary N) is 1. The van der Waals surface area contributed by atoms with Crippen molar-refractivity contribution < 1.29 is 0 Å². The van der Waals surface area contributed by atoms with Gasteiger partial charge in [-0.1, -0.05) is 43.2 Å². The van der Waals surface area contributed by atoms with Crippen LogP contribution in [0.3, 0.4) is 0 Å². The summed E-state index contributed by atoms with van der Waals surface area (Å²) < 4.78 is 0. The first-order chi connectivity index (χ1) is 7.81. The molecule has 1 radical (unpaired) electrons. The molecule has 1 aromatic carbocycles. The number of benzene rings is 1. The number of aryl methyl sites for hydroxylation is 2. The van der Waals surface area contributed by atoms with Crippen molar-refractivity contribution in [3.63, 3.8) is 0 Å². The molecule has 0 aliphatic rings. The summed E-state index contributed by atoms with van der Waals surface area (Å²) in [6, 6.07) is 8.51. The molecule has 0 aliphatic carbocycles. The Bertz CT molecular complexity index is 440. The van der Waals surface area contributed by atoms with Gasteiger partial charge in [-0.15, -0.1) is 0 Å². The van der Waals surface area contributed by atoms with E-state index in [2.05, 4.69) is 54.5 Å². The van der Waals surface area contributed by atoms with E-state index in [1.54, 1.807) is 0 Å². The van der Waals surface area contributed by atoms with Crippen LogP contribution in [0, 0.1) is 13.1 Å². The minimum absolute atomic E-state index is 1.03. The fourth-order valence-electron chi connectivity index (χ4n) is 1.76. The van der Waals surface area contributed by atoms with Gasteiger partial charge in [0.05, 0.1) is 11.9 Å². The number of hydrogen-bond donors (Lipinski definition) is 1. The Morgan fingerprint density at radius 1 is 1.25 bits per heavy atom. The molecule has 1 aromatic heterocycles. The Balaban J connectivity index is 2.26. The number of hydrogen-bond acceptors (Lipinski definition) is 1. The van der Waals surface area contributed by atoms with E-state index in [-0.39, 0.29) is 0 Å². The second-order valence-corrected chi connectivity index (χ2v) is 4.14. The third-order valence-corrected chi connectivity index (χ3v) is 2.77. The zero-order valence-corrected chi connectivity index (χ0v) is 9.88. The van der Waals surface area contributed by atoms with Crippen molar-refractivity contribution in [1.29, 1.82) is 0 Å². The lowest BCUT2D eigenvalue weighted by Crippen LogP contribution is -1.88. The standard InChI is InChI=1S/C14H17N2/c1-3-4-5-14-13(10-15-16-14)12-8-6-11(2)7-9-12/h6-9H,3-5H2,1-2H3,(H,15,16). The van der Waals surface area contributed by atoms with Crippen molar-refractivity contribution in [2.45, 2.75) is 33.1 Å². The highest BCUT2D eigenvalue weighted by Gasteiger charge is 2.07. The third kappa shape index (κ3) is 2.32. The molecular formula is C14H17N2. The first-order valence-corrected chi connectivity index (χ1v) is 5.83. The van der Waals surface area contributed by atoms with Gasteiger partial charge >= 0.3 is 0 Å². The topological polar surface area (TPSA) is 28.7 Å². The second-order valence-electron chi connectivity index (χ2n) is 4.14. The van der Waals surface area contributed by atoms with E-state index in [4.69, 9.17) is 0 Å². The first kappa shape index (κ1) is 10.9. The Morgan fingerprint density at radius 3 is 2.69 bits per heavy atom. The van der Waals surface area contributed by atoms with Crippen molar-refractivity contribution in [1.82, 2.24) is 10.2 Å². The summed E-state index contributed by atoms with van der Waals surface area (Å²) in [7, 11) is 0. The third-order valence-electron chi connectivity index (χ3n) is 2.77. The monoisotopic (exact) mass is 213 g/mol. The number of unbranched alkanes of at least 4 members (excludes halogenated alkanes) is 1. The normalized spacial score (nSPS) is 10.6. The maximum Gasteiger partial charge on any atom is 0.0916 e. The molecule has 2 aromatic rings. The quantitative estimate of drug-likeness (QED) is 0.827. The van der Waals surface area contributed by atoms with Crippen LogP contribution in [0.1, 0.15) is 31.0 Å². The van der Waals surface area contributed by atoms with Crippen LogP contribution < -0.4 is 0 Å². The average molecular weight is 213 g/mol. The fourth-order valence-corrected chi connectivity index (χ4v) is 1.76. The van der Waals surface area contributed by atoms with Gasteiger partial charge in [0, 0.05) is 5.56 Å². The molecule has 0 aliphatic heterocycles. The maximum atomic E-state index is 4.27. The van der Waals surface area contributed by atoms with Gasteiger partial charge in [0.2, 0.25) is 0 Å². The number of nitrogens with zero attached hydrogens (tertiary/aromatic N) is 1. The SMILES string of the molecule is CCCCc1n[nH][c]c1-c1ccc(C)cc1. The molecular weight excluding hydrogens is 196 g/mol. The summed E-state index contributed by atoms with van der Waals surface area (Å²) in [5, 5.41) is 7.12. The lowest BCUT2D eigenvalue weighted by molar-refractivity contribution is 0.773. The largest absolute Gasteiger partial charge is 0.275 e. The summed E-state index contributed by atoms with van der Waals surface area (Å²) in [4.78, 5) is 0. The molecule has 0 bridgehead atoms. The molecule has 0 amide bonds. The lowest BCUT2D eigenvalue weighted by atomic mass is 10.0. The van der Waals surface area contributed by atoms with Crippen LogP contribution in [0.5, 0.6) is 0 Å². The summed E-state index contributed by atoms with van der Waals surface area (Å²) >= 11 is 0. The average Bonchev–Trinajstić information content (AvgIpc) is 2.75. The number of rotatable bonds is 4. The van der Waals surface area contributed by atoms with E-state index in [0.29, 0.717) is 0 Å². The highest BCUT2D eigenvalue weighted by molar-refractivity contribution is 5.64. The molecule has 2 heteroatoms. The lowest BCUT2D eigenvalue weighted by Gasteiger charge is -2.02. The van der Waals surface area contributed by atoms with E-state index in [1.165, 1.54) is 24.0 Å². The van der Waals surface area contributed by atoms with E-state index < -0.39 is 0 Å². The van der Waals surface area contributed by atoms with E-state index in [0.717, 1.165) is 17.7 Å². The molecule has 0 unspecified atom stereocenters. The number of aromatic nitrogens is 2. The van der Waals surface area contributed by atoms with Crippen LogP contribution >= 0.6 is 0 Å². The highest BCUT2D eigenvalue weighted by Crippen LogP contribution is 2.22. The van der Waals surface area contributed by atoms with Gasteiger partial charge in [0.15, 0.2) is 0 Å². The number of H-pyrrole nitrogens is 1. The van der Waals surface area contributed by atoms with Crippen LogP contribution in [-0.4, -0.2) is 10.2 Å². The van der Waals surface area contributed by atoms with Crippen molar-refractivity contribution >= 4 is 0 Å².